The van der Waals surface area contributed by atoms with Crippen molar-refractivity contribution in [3.8, 4) is 0 Å². The fraction of sp³-hybridized carbons (Fsp3) is 0.875. The van der Waals surface area contributed by atoms with Gasteiger partial charge in [-0.3, -0.25) is 14.5 Å². The normalized spacial score (nSPS) is 24.7. The van der Waals surface area contributed by atoms with E-state index in [0.29, 0.717) is 19.7 Å². The third kappa shape index (κ3) is 3.98. The zero-order valence-electron chi connectivity index (χ0n) is 14.0. The molecule has 2 amide bonds. The molecule has 126 valence electrons. The number of amides is 2. The summed E-state index contributed by atoms with van der Waals surface area (Å²) in [7, 11) is 1.70. The van der Waals surface area contributed by atoms with E-state index in [-0.39, 0.29) is 35.7 Å². The summed E-state index contributed by atoms with van der Waals surface area (Å²) >= 11 is 0. The molecule has 6 nitrogen and oxygen atoms in total. The second kappa shape index (κ2) is 7.42. The first-order valence-corrected chi connectivity index (χ1v) is 8.26. The van der Waals surface area contributed by atoms with Gasteiger partial charge in [0.05, 0.1) is 19.1 Å². The van der Waals surface area contributed by atoms with Crippen LogP contribution in [0.25, 0.3) is 0 Å². The molecule has 1 aliphatic carbocycles. The van der Waals surface area contributed by atoms with E-state index >= 15 is 0 Å². The molecule has 0 aromatic heterocycles. The maximum atomic E-state index is 12.3. The lowest BCUT2D eigenvalue weighted by molar-refractivity contribution is -0.135. The van der Waals surface area contributed by atoms with Crippen molar-refractivity contribution in [2.75, 3.05) is 33.4 Å². The number of hydrogen-bond acceptors (Lipinski definition) is 4. The molecular weight excluding hydrogens is 282 g/mol. The summed E-state index contributed by atoms with van der Waals surface area (Å²) in [6.07, 6.45) is 3.63. The van der Waals surface area contributed by atoms with E-state index in [1.807, 2.05) is 0 Å². The van der Waals surface area contributed by atoms with Gasteiger partial charge in [0.1, 0.15) is 0 Å². The first kappa shape index (κ1) is 17.2. The highest BCUT2D eigenvalue weighted by Gasteiger charge is 2.38. The van der Waals surface area contributed by atoms with E-state index in [1.165, 1.54) is 6.42 Å². The van der Waals surface area contributed by atoms with Crippen LogP contribution in [-0.4, -0.2) is 62.1 Å². The van der Waals surface area contributed by atoms with Crippen molar-refractivity contribution < 1.29 is 14.3 Å². The van der Waals surface area contributed by atoms with Crippen LogP contribution in [0.4, 0.5) is 0 Å². The molecule has 0 spiro atoms. The summed E-state index contributed by atoms with van der Waals surface area (Å²) in [5.41, 5.74) is 0.108. The number of carbonyl (C=O) groups is 2. The first-order chi connectivity index (χ1) is 10.5. The molecule has 2 fully saturated rings. The van der Waals surface area contributed by atoms with Crippen LogP contribution in [0.3, 0.4) is 0 Å². The number of nitrogens with zero attached hydrogens (tertiary/aromatic N) is 1. The summed E-state index contributed by atoms with van der Waals surface area (Å²) in [6.45, 7) is 6.92. The average molecular weight is 311 g/mol. The molecule has 0 radical (unpaired) electrons. The standard InChI is InChI=1S/C16H29N3O3/c1-12(2)19-8-7-17-15(21)13(19)9-14(20)18-10-16(11-22-3)5-4-6-16/h12-13H,4-11H2,1-3H3,(H,17,21)(H,18,20). The quantitative estimate of drug-likeness (QED) is 0.719. The van der Waals surface area contributed by atoms with Gasteiger partial charge in [0, 0.05) is 38.2 Å². The average Bonchev–Trinajstić information content (AvgIpc) is 2.43. The van der Waals surface area contributed by atoms with E-state index in [9.17, 15) is 9.59 Å². The third-order valence-corrected chi connectivity index (χ3v) is 4.94. The van der Waals surface area contributed by atoms with Crippen LogP contribution < -0.4 is 10.6 Å². The minimum atomic E-state index is -0.353. The Labute approximate surface area is 132 Å². The number of rotatable bonds is 7. The molecule has 0 bridgehead atoms. The maximum Gasteiger partial charge on any atom is 0.237 e. The Kier molecular flexibility index (Phi) is 5.81. The molecule has 22 heavy (non-hydrogen) atoms. The van der Waals surface area contributed by atoms with Gasteiger partial charge in [0.2, 0.25) is 11.8 Å². The molecule has 1 saturated heterocycles. The zero-order chi connectivity index (χ0) is 16.2. The van der Waals surface area contributed by atoms with Gasteiger partial charge >= 0.3 is 0 Å². The summed E-state index contributed by atoms with van der Waals surface area (Å²) in [4.78, 5) is 26.4. The predicted molar refractivity (Wildman–Crippen MR) is 84.4 cm³/mol. The van der Waals surface area contributed by atoms with E-state index in [4.69, 9.17) is 4.74 Å². The van der Waals surface area contributed by atoms with Gasteiger partial charge in [0.15, 0.2) is 0 Å². The second-order valence-corrected chi connectivity index (χ2v) is 6.91. The van der Waals surface area contributed by atoms with Crippen molar-refractivity contribution in [3.63, 3.8) is 0 Å². The van der Waals surface area contributed by atoms with Crippen molar-refractivity contribution in [1.82, 2.24) is 15.5 Å². The first-order valence-electron chi connectivity index (χ1n) is 8.26. The minimum Gasteiger partial charge on any atom is -0.384 e. The van der Waals surface area contributed by atoms with Crippen LogP contribution in [0.15, 0.2) is 0 Å². The Morgan fingerprint density at radius 2 is 2.23 bits per heavy atom. The van der Waals surface area contributed by atoms with Crippen LogP contribution in [0.5, 0.6) is 0 Å². The molecule has 6 heteroatoms. The monoisotopic (exact) mass is 311 g/mol. The number of nitrogens with one attached hydrogen (secondary N) is 2. The molecular formula is C16H29N3O3. The Morgan fingerprint density at radius 1 is 1.50 bits per heavy atom. The highest BCUT2D eigenvalue weighted by atomic mass is 16.5. The van der Waals surface area contributed by atoms with Crippen LogP contribution in [0, 0.1) is 5.41 Å². The van der Waals surface area contributed by atoms with Gasteiger partial charge in [-0.05, 0) is 26.7 Å². The summed E-state index contributed by atoms with van der Waals surface area (Å²) in [6, 6.07) is -0.0937. The molecule has 1 aliphatic heterocycles. The Morgan fingerprint density at radius 3 is 2.77 bits per heavy atom. The SMILES string of the molecule is COCC1(CNC(=O)CC2C(=O)NCCN2C(C)C)CCC1. The predicted octanol–water partition coefficient (Wildman–Crippen LogP) is 0.518. The summed E-state index contributed by atoms with van der Waals surface area (Å²) in [5.74, 6) is -0.0829. The number of carbonyl (C=O) groups excluding carboxylic acids is 2. The highest BCUT2D eigenvalue weighted by molar-refractivity contribution is 5.88. The van der Waals surface area contributed by atoms with Crippen molar-refractivity contribution in [2.24, 2.45) is 5.41 Å². The number of piperazine rings is 1. The molecule has 2 N–H and O–H groups in total. The lowest BCUT2D eigenvalue weighted by Crippen LogP contribution is -2.58. The molecule has 0 aromatic rings. The smallest absolute Gasteiger partial charge is 0.237 e. The van der Waals surface area contributed by atoms with Crippen molar-refractivity contribution in [2.45, 2.75) is 51.6 Å². The molecule has 2 rings (SSSR count). The largest absolute Gasteiger partial charge is 0.384 e. The van der Waals surface area contributed by atoms with Crippen molar-refractivity contribution in [1.29, 1.82) is 0 Å². The minimum absolute atomic E-state index is 0.0367. The molecule has 1 heterocycles. The molecule has 0 aromatic carbocycles. The van der Waals surface area contributed by atoms with Crippen molar-refractivity contribution in [3.05, 3.63) is 0 Å². The Balaban J connectivity index is 1.85. The number of ether oxygens (including phenoxy) is 1. The van der Waals surface area contributed by atoms with Gasteiger partial charge < -0.3 is 15.4 Å². The Hall–Kier alpha value is -1.14. The van der Waals surface area contributed by atoms with Crippen LogP contribution in [0.2, 0.25) is 0 Å². The third-order valence-electron chi connectivity index (χ3n) is 4.94. The maximum absolute atomic E-state index is 12.3. The second-order valence-electron chi connectivity index (χ2n) is 6.91. The zero-order valence-corrected chi connectivity index (χ0v) is 14.0. The summed E-state index contributed by atoms with van der Waals surface area (Å²) in [5, 5.41) is 5.87. The van der Waals surface area contributed by atoms with Crippen molar-refractivity contribution >= 4 is 11.8 Å². The fourth-order valence-electron chi connectivity index (χ4n) is 3.45. The molecule has 1 saturated carbocycles. The lowest BCUT2D eigenvalue weighted by Gasteiger charge is -2.41. The van der Waals surface area contributed by atoms with Crippen LogP contribution in [-0.2, 0) is 14.3 Å². The van der Waals surface area contributed by atoms with E-state index < -0.39 is 0 Å². The van der Waals surface area contributed by atoms with Crippen LogP contribution >= 0.6 is 0 Å². The lowest BCUT2D eigenvalue weighted by atomic mass is 9.69. The molecule has 1 unspecified atom stereocenters. The highest BCUT2D eigenvalue weighted by Crippen LogP contribution is 2.40. The van der Waals surface area contributed by atoms with Gasteiger partial charge in [0.25, 0.3) is 0 Å². The van der Waals surface area contributed by atoms with E-state index in [1.54, 1.807) is 7.11 Å². The van der Waals surface area contributed by atoms with Gasteiger partial charge in [-0.2, -0.15) is 0 Å². The molecule has 1 atom stereocenters. The number of methoxy groups -OCH3 is 1. The van der Waals surface area contributed by atoms with E-state index in [0.717, 1.165) is 19.4 Å². The number of hydrogen-bond donors (Lipinski definition) is 2. The topological polar surface area (TPSA) is 70.7 Å². The molecule has 2 aliphatic rings. The Bertz CT molecular complexity index is 407. The van der Waals surface area contributed by atoms with Gasteiger partial charge in [-0.1, -0.05) is 6.42 Å². The fourth-order valence-corrected chi connectivity index (χ4v) is 3.45. The van der Waals surface area contributed by atoms with Gasteiger partial charge in [-0.15, -0.1) is 0 Å². The van der Waals surface area contributed by atoms with E-state index in [2.05, 4.69) is 29.4 Å². The summed E-state index contributed by atoms with van der Waals surface area (Å²) < 4.78 is 5.27. The van der Waals surface area contributed by atoms with Crippen LogP contribution in [0.1, 0.15) is 39.5 Å². The van der Waals surface area contributed by atoms with Gasteiger partial charge in [-0.25, -0.2) is 0 Å².